The monoisotopic (exact) mass is 221 g/mol. The summed E-state index contributed by atoms with van der Waals surface area (Å²) in [7, 11) is 0. The second-order valence-corrected chi connectivity index (χ2v) is 4.33. The molecule has 0 aliphatic carbocycles. The van der Waals surface area contributed by atoms with Crippen LogP contribution in [0.25, 0.3) is 0 Å². The maximum absolute atomic E-state index is 11.3. The van der Waals surface area contributed by atoms with Crippen molar-refractivity contribution in [3.63, 3.8) is 0 Å². The average molecular weight is 221 g/mol. The van der Waals surface area contributed by atoms with Crippen molar-refractivity contribution in [1.82, 2.24) is 9.88 Å². The van der Waals surface area contributed by atoms with E-state index in [1.54, 1.807) is 12.3 Å². The van der Waals surface area contributed by atoms with Crippen LogP contribution in [-0.2, 0) is 0 Å². The molecule has 4 heteroatoms. The van der Waals surface area contributed by atoms with Gasteiger partial charge in [-0.1, -0.05) is 6.42 Å². The highest BCUT2D eigenvalue weighted by Gasteiger charge is 2.20. The van der Waals surface area contributed by atoms with Gasteiger partial charge in [0, 0.05) is 24.8 Å². The second kappa shape index (κ2) is 5.27. The van der Waals surface area contributed by atoms with Gasteiger partial charge in [-0.05, 0) is 37.6 Å². The third kappa shape index (κ3) is 2.51. The van der Waals surface area contributed by atoms with Crippen LogP contribution in [0.4, 0.5) is 0 Å². The van der Waals surface area contributed by atoms with Crippen LogP contribution in [0, 0.1) is 0 Å². The summed E-state index contributed by atoms with van der Waals surface area (Å²) in [5.74, 6) is 0. The SMILES string of the molecule is NCC(c1cc[nH]c(=O)c1)N1CCCCC1. The molecule has 0 saturated carbocycles. The van der Waals surface area contributed by atoms with Crippen molar-refractivity contribution in [2.45, 2.75) is 25.3 Å². The highest BCUT2D eigenvalue weighted by Crippen LogP contribution is 2.22. The molecule has 0 amide bonds. The van der Waals surface area contributed by atoms with Crippen molar-refractivity contribution in [3.05, 3.63) is 34.2 Å². The zero-order valence-electron chi connectivity index (χ0n) is 9.48. The fourth-order valence-corrected chi connectivity index (χ4v) is 2.39. The molecule has 1 aromatic rings. The van der Waals surface area contributed by atoms with Gasteiger partial charge in [0.1, 0.15) is 0 Å². The van der Waals surface area contributed by atoms with E-state index in [0.717, 1.165) is 18.7 Å². The van der Waals surface area contributed by atoms with E-state index in [4.69, 9.17) is 5.73 Å². The van der Waals surface area contributed by atoms with Crippen molar-refractivity contribution in [1.29, 1.82) is 0 Å². The lowest BCUT2D eigenvalue weighted by Crippen LogP contribution is -2.37. The topological polar surface area (TPSA) is 62.1 Å². The number of hydrogen-bond acceptors (Lipinski definition) is 3. The first-order valence-electron chi connectivity index (χ1n) is 5.94. The van der Waals surface area contributed by atoms with Gasteiger partial charge in [-0.15, -0.1) is 0 Å². The first kappa shape index (κ1) is 11.4. The van der Waals surface area contributed by atoms with Crippen molar-refractivity contribution in [3.8, 4) is 0 Å². The molecule has 1 saturated heterocycles. The molecule has 3 N–H and O–H groups in total. The Morgan fingerprint density at radius 3 is 2.75 bits per heavy atom. The Morgan fingerprint density at radius 1 is 1.38 bits per heavy atom. The van der Waals surface area contributed by atoms with E-state index in [1.807, 2.05) is 6.07 Å². The lowest BCUT2D eigenvalue weighted by atomic mass is 10.0. The molecule has 1 atom stereocenters. The molecule has 1 fully saturated rings. The maximum Gasteiger partial charge on any atom is 0.248 e. The number of hydrogen-bond donors (Lipinski definition) is 2. The van der Waals surface area contributed by atoms with Gasteiger partial charge in [-0.25, -0.2) is 0 Å². The molecule has 2 rings (SSSR count). The molecule has 0 radical (unpaired) electrons. The van der Waals surface area contributed by atoms with E-state index in [0.29, 0.717) is 6.54 Å². The second-order valence-electron chi connectivity index (χ2n) is 4.33. The van der Waals surface area contributed by atoms with Crippen molar-refractivity contribution < 1.29 is 0 Å². The predicted molar refractivity (Wildman–Crippen MR) is 64.3 cm³/mol. The minimum absolute atomic E-state index is 0.0482. The van der Waals surface area contributed by atoms with Crippen LogP contribution >= 0.6 is 0 Å². The summed E-state index contributed by atoms with van der Waals surface area (Å²) in [6.45, 7) is 2.76. The summed E-state index contributed by atoms with van der Waals surface area (Å²) in [6.07, 6.45) is 5.48. The normalized spacial score (nSPS) is 19.6. The van der Waals surface area contributed by atoms with Crippen molar-refractivity contribution >= 4 is 0 Å². The summed E-state index contributed by atoms with van der Waals surface area (Å²) in [5.41, 5.74) is 6.82. The Bertz CT molecular complexity index is 382. The fraction of sp³-hybridized carbons (Fsp3) is 0.583. The third-order valence-corrected chi connectivity index (χ3v) is 3.24. The van der Waals surface area contributed by atoms with Gasteiger partial charge in [0.15, 0.2) is 0 Å². The highest BCUT2D eigenvalue weighted by molar-refractivity contribution is 5.16. The fourth-order valence-electron chi connectivity index (χ4n) is 2.39. The van der Waals surface area contributed by atoms with Gasteiger partial charge in [-0.2, -0.15) is 0 Å². The molecular formula is C12H19N3O. The standard InChI is InChI=1S/C12H19N3O/c13-9-11(15-6-2-1-3-7-15)10-4-5-14-12(16)8-10/h4-5,8,11H,1-3,6-7,9,13H2,(H,14,16). The Hall–Kier alpha value is -1.13. The van der Waals surface area contributed by atoms with E-state index < -0.39 is 0 Å². The van der Waals surface area contributed by atoms with Crippen LogP contribution in [0.3, 0.4) is 0 Å². The minimum atomic E-state index is -0.0482. The first-order chi connectivity index (χ1) is 7.81. The lowest BCUT2D eigenvalue weighted by Gasteiger charge is -2.34. The molecule has 88 valence electrons. The van der Waals surface area contributed by atoms with Gasteiger partial charge in [-0.3, -0.25) is 9.69 Å². The van der Waals surface area contributed by atoms with Crippen LogP contribution in [0.2, 0.25) is 0 Å². The lowest BCUT2D eigenvalue weighted by molar-refractivity contribution is 0.167. The maximum atomic E-state index is 11.3. The van der Waals surface area contributed by atoms with E-state index >= 15 is 0 Å². The molecule has 2 heterocycles. The van der Waals surface area contributed by atoms with E-state index in [1.165, 1.54) is 19.3 Å². The van der Waals surface area contributed by atoms with Crippen LogP contribution in [0.1, 0.15) is 30.9 Å². The number of pyridine rings is 1. The van der Waals surface area contributed by atoms with Crippen molar-refractivity contribution in [2.75, 3.05) is 19.6 Å². The number of likely N-dealkylation sites (tertiary alicyclic amines) is 1. The molecule has 0 bridgehead atoms. The van der Waals surface area contributed by atoms with Gasteiger partial charge in [0.05, 0.1) is 0 Å². The Balaban J connectivity index is 2.17. The average Bonchev–Trinajstić information content (AvgIpc) is 2.31. The zero-order chi connectivity index (χ0) is 11.4. The van der Waals surface area contributed by atoms with Crippen LogP contribution in [0.5, 0.6) is 0 Å². The number of piperidine rings is 1. The first-order valence-corrected chi connectivity index (χ1v) is 5.94. The van der Waals surface area contributed by atoms with E-state index in [2.05, 4.69) is 9.88 Å². The molecule has 1 aromatic heterocycles. The number of nitrogens with zero attached hydrogens (tertiary/aromatic N) is 1. The largest absolute Gasteiger partial charge is 0.329 e. The summed E-state index contributed by atoms with van der Waals surface area (Å²) >= 11 is 0. The molecule has 1 aliphatic rings. The molecule has 4 nitrogen and oxygen atoms in total. The Kier molecular flexibility index (Phi) is 3.74. The minimum Gasteiger partial charge on any atom is -0.329 e. The Morgan fingerprint density at radius 2 is 2.12 bits per heavy atom. The number of rotatable bonds is 3. The van der Waals surface area contributed by atoms with Crippen LogP contribution < -0.4 is 11.3 Å². The molecule has 0 spiro atoms. The molecule has 1 aliphatic heterocycles. The van der Waals surface area contributed by atoms with Crippen LogP contribution in [-0.4, -0.2) is 29.5 Å². The third-order valence-electron chi connectivity index (χ3n) is 3.24. The summed E-state index contributed by atoms with van der Waals surface area (Å²) in [6, 6.07) is 3.81. The molecule has 16 heavy (non-hydrogen) atoms. The quantitative estimate of drug-likeness (QED) is 0.795. The smallest absolute Gasteiger partial charge is 0.248 e. The number of aromatic amines is 1. The zero-order valence-corrected chi connectivity index (χ0v) is 9.48. The molecule has 0 aromatic carbocycles. The van der Waals surface area contributed by atoms with Crippen molar-refractivity contribution in [2.24, 2.45) is 5.73 Å². The number of nitrogens with two attached hydrogens (primary N) is 1. The molecule has 1 unspecified atom stereocenters. The van der Waals surface area contributed by atoms with Gasteiger partial charge >= 0.3 is 0 Å². The highest BCUT2D eigenvalue weighted by atomic mass is 16.1. The van der Waals surface area contributed by atoms with Gasteiger partial charge < -0.3 is 10.7 Å². The van der Waals surface area contributed by atoms with E-state index in [-0.39, 0.29) is 11.6 Å². The van der Waals surface area contributed by atoms with Gasteiger partial charge in [0.25, 0.3) is 0 Å². The summed E-state index contributed by atoms with van der Waals surface area (Å²) in [4.78, 5) is 16.3. The Labute approximate surface area is 95.5 Å². The number of H-pyrrole nitrogens is 1. The van der Waals surface area contributed by atoms with Gasteiger partial charge in [0.2, 0.25) is 5.56 Å². The number of aromatic nitrogens is 1. The summed E-state index contributed by atoms with van der Waals surface area (Å²) in [5, 5.41) is 0. The summed E-state index contributed by atoms with van der Waals surface area (Å²) < 4.78 is 0. The van der Waals surface area contributed by atoms with E-state index in [9.17, 15) is 4.79 Å². The number of nitrogens with one attached hydrogen (secondary N) is 1. The molecular weight excluding hydrogens is 202 g/mol. The van der Waals surface area contributed by atoms with Crippen LogP contribution in [0.15, 0.2) is 23.1 Å². The predicted octanol–water partition coefficient (Wildman–Crippen LogP) is 0.861.